The predicted octanol–water partition coefficient (Wildman–Crippen LogP) is 1.07. The molecular weight excluding hydrogens is 274 g/mol. The third-order valence-electron chi connectivity index (χ3n) is 3.96. The van der Waals surface area contributed by atoms with Crippen molar-refractivity contribution in [2.24, 2.45) is 10.3 Å². The van der Waals surface area contributed by atoms with Gasteiger partial charge >= 0.3 is 0 Å². The van der Waals surface area contributed by atoms with Crippen molar-refractivity contribution in [1.29, 1.82) is 0 Å². The Kier molecular flexibility index (Phi) is 3.52. The zero-order valence-electron chi connectivity index (χ0n) is 11.5. The molecule has 2 aliphatic rings. The van der Waals surface area contributed by atoms with E-state index < -0.39 is 10.0 Å². The van der Waals surface area contributed by atoms with Crippen molar-refractivity contribution < 1.29 is 8.42 Å². The van der Waals surface area contributed by atoms with Crippen molar-refractivity contribution in [3.05, 3.63) is 29.8 Å². The van der Waals surface area contributed by atoms with E-state index in [0.29, 0.717) is 16.6 Å². The molecule has 3 rings (SSSR count). The van der Waals surface area contributed by atoms with Gasteiger partial charge in [0.25, 0.3) is 10.0 Å². The van der Waals surface area contributed by atoms with Crippen LogP contribution in [0.2, 0.25) is 0 Å². The summed E-state index contributed by atoms with van der Waals surface area (Å²) in [6.07, 6.45) is 2.26. The summed E-state index contributed by atoms with van der Waals surface area (Å²) in [5.74, 6) is 1.18. The van der Waals surface area contributed by atoms with E-state index in [0.717, 1.165) is 38.0 Å². The first kappa shape index (κ1) is 13.6. The standard InChI is InChI=1S/C14H19N3O2S/c1-17(10-11-6-8-15-9-7-11)14-12-4-2-3-5-13(12)20(18,19)16-14/h2-5,11,15H,6-10H2,1H3. The largest absolute Gasteiger partial charge is 0.358 e. The van der Waals surface area contributed by atoms with Gasteiger partial charge in [-0.3, -0.25) is 0 Å². The highest BCUT2D eigenvalue weighted by atomic mass is 32.2. The fourth-order valence-corrected chi connectivity index (χ4v) is 4.15. The maximum atomic E-state index is 12.0. The number of nitrogens with zero attached hydrogens (tertiary/aromatic N) is 2. The molecule has 0 bridgehead atoms. The number of hydrogen-bond acceptors (Lipinski definition) is 4. The van der Waals surface area contributed by atoms with E-state index in [9.17, 15) is 8.42 Å². The van der Waals surface area contributed by atoms with E-state index in [1.165, 1.54) is 0 Å². The van der Waals surface area contributed by atoms with Crippen LogP contribution in [0.4, 0.5) is 0 Å². The SMILES string of the molecule is CN(CC1CCNCC1)C1=NS(=O)(=O)c2ccccc21. The second-order valence-corrected chi connectivity index (χ2v) is 7.03. The summed E-state index contributed by atoms with van der Waals surface area (Å²) in [5, 5.41) is 3.34. The van der Waals surface area contributed by atoms with Crippen LogP contribution in [-0.4, -0.2) is 45.8 Å². The van der Waals surface area contributed by atoms with Gasteiger partial charge in [0.15, 0.2) is 5.84 Å². The number of amidine groups is 1. The number of nitrogens with one attached hydrogen (secondary N) is 1. The minimum Gasteiger partial charge on any atom is -0.358 e. The zero-order valence-corrected chi connectivity index (χ0v) is 12.4. The molecule has 0 atom stereocenters. The summed E-state index contributed by atoms with van der Waals surface area (Å²) in [7, 11) is -1.58. The minimum absolute atomic E-state index is 0.326. The molecule has 2 aliphatic heterocycles. The maximum absolute atomic E-state index is 12.0. The quantitative estimate of drug-likeness (QED) is 0.886. The van der Waals surface area contributed by atoms with E-state index in [1.54, 1.807) is 12.1 Å². The Hall–Kier alpha value is -1.40. The highest BCUT2D eigenvalue weighted by Crippen LogP contribution is 2.27. The summed E-state index contributed by atoms with van der Waals surface area (Å²) in [5.41, 5.74) is 0.726. The van der Waals surface area contributed by atoms with E-state index >= 15 is 0 Å². The summed E-state index contributed by atoms with van der Waals surface area (Å²) in [4.78, 5) is 2.31. The monoisotopic (exact) mass is 293 g/mol. The Morgan fingerprint density at radius 2 is 2.00 bits per heavy atom. The lowest BCUT2D eigenvalue weighted by atomic mass is 9.97. The van der Waals surface area contributed by atoms with Gasteiger partial charge in [-0.2, -0.15) is 8.42 Å². The molecule has 1 aromatic rings. The van der Waals surface area contributed by atoms with Gasteiger partial charge in [-0.05, 0) is 44.0 Å². The summed E-state index contributed by atoms with van der Waals surface area (Å²) in [6.45, 7) is 2.93. The second kappa shape index (κ2) is 5.18. The van der Waals surface area contributed by atoms with Gasteiger partial charge in [-0.25, -0.2) is 0 Å². The molecule has 0 aromatic heterocycles. The van der Waals surface area contributed by atoms with Crippen LogP contribution in [-0.2, 0) is 10.0 Å². The van der Waals surface area contributed by atoms with Gasteiger partial charge in [0.05, 0.1) is 0 Å². The van der Waals surface area contributed by atoms with Crippen molar-refractivity contribution in [3.63, 3.8) is 0 Å². The molecule has 1 saturated heterocycles. The average Bonchev–Trinajstić information content (AvgIpc) is 2.73. The Morgan fingerprint density at radius 3 is 2.75 bits per heavy atom. The van der Waals surface area contributed by atoms with Gasteiger partial charge in [-0.1, -0.05) is 12.1 Å². The van der Waals surface area contributed by atoms with Crippen LogP contribution < -0.4 is 5.32 Å². The molecule has 0 saturated carbocycles. The molecule has 108 valence electrons. The Balaban J connectivity index is 1.83. The molecule has 1 aromatic carbocycles. The molecule has 5 nitrogen and oxygen atoms in total. The Bertz CT molecular complexity index is 634. The Labute approximate surface area is 119 Å². The van der Waals surface area contributed by atoms with Crippen molar-refractivity contribution in [1.82, 2.24) is 10.2 Å². The highest BCUT2D eigenvalue weighted by molar-refractivity contribution is 7.90. The first-order valence-electron chi connectivity index (χ1n) is 6.94. The molecule has 2 heterocycles. The number of benzene rings is 1. The number of piperidine rings is 1. The van der Waals surface area contributed by atoms with Crippen LogP contribution in [0.5, 0.6) is 0 Å². The normalized spacial score (nSPS) is 21.4. The molecule has 1 fully saturated rings. The maximum Gasteiger partial charge on any atom is 0.285 e. The van der Waals surface area contributed by atoms with Gasteiger partial charge in [0, 0.05) is 19.2 Å². The van der Waals surface area contributed by atoms with Crippen LogP contribution in [0.3, 0.4) is 0 Å². The molecule has 20 heavy (non-hydrogen) atoms. The van der Waals surface area contributed by atoms with Gasteiger partial charge < -0.3 is 10.2 Å². The molecule has 1 N–H and O–H groups in total. The van der Waals surface area contributed by atoms with Crippen LogP contribution >= 0.6 is 0 Å². The van der Waals surface area contributed by atoms with Crippen molar-refractivity contribution >= 4 is 15.9 Å². The molecule has 0 radical (unpaired) electrons. The summed E-state index contributed by atoms with van der Waals surface area (Å²) < 4.78 is 28.0. The molecular formula is C14H19N3O2S. The van der Waals surface area contributed by atoms with Gasteiger partial charge in [0.2, 0.25) is 0 Å². The molecule has 0 amide bonds. The smallest absolute Gasteiger partial charge is 0.285 e. The molecule has 6 heteroatoms. The third-order valence-corrected chi connectivity index (χ3v) is 5.29. The summed E-state index contributed by atoms with van der Waals surface area (Å²) >= 11 is 0. The van der Waals surface area contributed by atoms with E-state index in [-0.39, 0.29) is 0 Å². The number of fused-ring (bicyclic) bond motifs is 1. The topological polar surface area (TPSA) is 61.8 Å². The van der Waals surface area contributed by atoms with Crippen molar-refractivity contribution in [2.75, 3.05) is 26.7 Å². The predicted molar refractivity (Wildman–Crippen MR) is 78.4 cm³/mol. The first-order valence-corrected chi connectivity index (χ1v) is 8.38. The second-order valence-electron chi connectivity index (χ2n) is 5.46. The third kappa shape index (κ3) is 2.45. The first-order chi connectivity index (χ1) is 9.58. The number of rotatable bonds is 2. The highest BCUT2D eigenvalue weighted by Gasteiger charge is 2.31. The number of sulfonamides is 1. The molecule has 0 spiro atoms. The van der Waals surface area contributed by atoms with Gasteiger partial charge in [0.1, 0.15) is 4.90 Å². The molecule has 0 aliphatic carbocycles. The lowest BCUT2D eigenvalue weighted by Crippen LogP contribution is -2.37. The van der Waals surface area contributed by atoms with Crippen LogP contribution in [0, 0.1) is 5.92 Å². The average molecular weight is 293 g/mol. The fraction of sp³-hybridized carbons (Fsp3) is 0.500. The van der Waals surface area contributed by atoms with Crippen LogP contribution in [0.1, 0.15) is 18.4 Å². The van der Waals surface area contributed by atoms with E-state index in [4.69, 9.17) is 0 Å². The lowest BCUT2D eigenvalue weighted by molar-refractivity contribution is 0.308. The number of hydrogen-bond donors (Lipinski definition) is 1. The lowest BCUT2D eigenvalue weighted by Gasteiger charge is -2.28. The van der Waals surface area contributed by atoms with Crippen molar-refractivity contribution in [3.8, 4) is 0 Å². The minimum atomic E-state index is -3.51. The zero-order chi connectivity index (χ0) is 14.2. The molecule has 0 unspecified atom stereocenters. The fourth-order valence-electron chi connectivity index (χ4n) is 2.90. The van der Waals surface area contributed by atoms with Crippen LogP contribution in [0.15, 0.2) is 33.6 Å². The van der Waals surface area contributed by atoms with E-state index in [2.05, 4.69) is 9.71 Å². The Morgan fingerprint density at radius 1 is 1.30 bits per heavy atom. The summed E-state index contributed by atoms with van der Waals surface area (Å²) in [6, 6.07) is 7.05. The van der Waals surface area contributed by atoms with E-state index in [1.807, 2.05) is 24.1 Å². The van der Waals surface area contributed by atoms with Crippen LogP contribution in [0.25, 0.3) is 0 Å². The van der Waals surface area contributed by atoms with Crippen molar-refractivity contribution in [2.45, 2.75) is 17.7 Å². The van der Waals surface area contributed by atoms with Gasteiger partial charge in [-0.15, -0.1) is 4.40 Å².